The molecule has 3 aromatic heterocycles. The molecule has 1 amide bonds. The van der Waals surface area contributed by atoms with Crippen molar-refractivity contribution >= 4 is 33.7 Å². The number of nitrogen functional groups attached to an aromatic ring is 1. The summed E-state index contributed by atoms with van der Waals surface area (Å²) in [6.45, 7) is 2.75. The minimum atomic E-state index is 0.190. The molecule has 0 saturated carbocycles. The van der Waals surface area contributed by atoms with Gasteiger partial charge in [0.1, 0.15) is 22.7 Å². The number of H-pyrrole nitrogens is 2. The minimum absolute atomic E-state index is 0.190. The van der Waals surface area contributed by atoms with Gasteiger partial charge in [-0.1, -0.05) is 13.0 Å². The molecule has 4 heterocycles. The molecule has 0 bridgehead atoms. The predicted octanol–water partition coefficient (Wildman–Crippen LogP) is 3.03. The van der Waals surface area contributed by atoms with Crippen molar-refractivity contribution in [2.24, 2.45) is 0 Å². The maximum absolute atomic E-state index is 12.2. The van der Waals surface area contributed by atoms with Crippen molar-refractivity contribution < 1.29 is 4.79 Å². The van der Waals surface area contributed by atoms with Gasteiger partial charge in [0.2, 0.25) is 5.91 Å². The van der Waals surface area contributed by atoms with Crippen LogP contribution in [0.4, 0.5) is 5.82 Å². The number of anilines is 1. The molecule has 1 atom stereocenters. The fraction of sp³-hybridized carbons (Fsp3) is 0.333. The highest BCUT2D eigenvalue weighted by molar-refractivity contribution is 6.07. The molecule has 1 aliphatic heterocycles. The molecule has 8 nitrogen and oxygen atoms in total. The molecule has 1 aromatic carbocycles. The van der Waals surface area contributed by atoms with Gasteiger partial charge in [-0.25, -0.2) is 9.97 Å². The van der Waals surface area contributed by atoms with E-state index in [1.807, 2.05) is 36.1 Å². The molecule has 1 aliphatic rings. The van der Waals surface area contributed by atoms with Gasteiger partial charge in [0, 0.05) is 42.6 Å². The number of rotatable bonds is 4. The largest absolute Gasteiger partial charge is 0.382 e. The van der Waals surface area contributed by atoms with E-state index in [9.17, 15) is 4.79 Å². The summed E-state index contributed by atoms with van der Waals surface area (Å²) in [4.78, 5) is 27.0. The van der Waals surface area contributed by atoms with Crippen molar-refractivity contribution in [1.29, 1.82) is 0 Å². The highest BCUT2D eigenvalue weighted by Crippen LogP contribution is 2.30. The Morgan fingerprint density at radius 2 is 2.21 bits per heavy atom. The third-order valence-corrected chi connectivity index (χ3v) is 5.74. The number of hydrogen-bond donors (Lipinski definition) is 3. The van der Waals surface area contributed by atoms with Gasteiger partial charge in [-0.3, -0.25) is 9.89 Å². The zero-order chi connectivity index (χ0) is 20.0. The van der Waals surface area contributed by atoms with E-state index in [2.05, 4.69) is 20.2 Å². The Morgan fingerprint density at radius 1 is 1.31 bits per heavy atom. The number of pyridine rings is 1. The van der Waals surface area contributed by atoms with Crippen molar-refractivity contribution in [3.8, 4) is 11.3 Å². The lowest BCUT2D eigenvalue weighted by Crippen LogP contribution is -2.36. The molecule has 0 unspecified atom stereocenters. The van der Waals surface area contributed by atoms with Crippen LogP contribution in [0.15, 0.2) is 30.5 Å². The first-order valence-corrected chi connectivity index (χ1v) is 10.0. The monoisotopic (exact) mass is 389 g/mol. The van der Waals surface area contributed by atoms with Crippen LogP contribution in [0.25, 0.3) is 33.2 Å². The third-order valence-electron chi connectivity index (χ3n) is 5.74. The van der Waals surface area contributed by atoms with Crippen LogP contribution in [-0.2, 0) is 11.2 Å². The van der Waals surface area contributed by atoms with E-state index in [4.69, 9.17) is 10.7 Å². The SMILES string of the molecule is CCC(=O)N1CCC[C@@H]1Cc1nc2c([nH]1)c(N)nc1cc(-c3ccn[nH]3)ccc12. The third kappa shape index (κ3) is 3.00. The second-order valence-corrected chi connectivity index (χ2v) is 7.55. The van der Waals surface area contributed by atoms with Crippen LogP contribution in [0, 0.1) is 0 Å². The van der Waals surface area contributed by atoms with E-state index in [-0.39, 0.29) is 11.9 Å². The average molecular weight is 389 g/mol. The number of fused-ring (bicyclic) bond motifs is 3. The summed E-state index contributed by atoms with van der Waals surface area (Å²) in [5, 5.41) is 7.93. The van der Waals surface area contributed by atoms with Crippen LogP contribution >= 0.6 is 0 Å². The second kappa shape index (κ2) is 6.88. The Bertz CT molecular complexity index is 1190. The summed E-state index contributed by atoms with van der Waals surface area (Å²) in [7, 11) is 0. The van der Waals surface area contributed by atoms with Crippen LogP contribution in [0.3, 0.4) is 0 Å². The number of carbonyl (C=O) groups is 1. The van der Waals surface area contributed by atoms with E-state index in [0.717, 1.165) is 58.4 Å². The topological polar surface area (TPSA) is 117 Å². The Hall–Kier alpha value is -3.42. The van der Waals surface area contributed by atoms with Crippen LogP contribution in [0.5, 0.6) is 0 Å². The van der Waals surface area contributed by atoms with Crippen LogP contribution in [0.1, 0.15) is 32.0 Å². The Morgan fingerprint density at radius 3 is 3.00 bits per heavy atom. The maximum atomic E-state index is 12.2. The summed E-state index contributed by atoms with van der Waals surface area (Å²) in [6.07, 6.45) is 5.01. The fourth-order valence-corrected chi connectivity index (χ4v) is 4.30. The summed E-state index contributed by atoms with van der Waals surface area (Å²) in [6, 6.07) is 8.15. The van der Waals surface area contributed by atoms with Crippen LogP contribution < -0.4 is 5.73 Å². The van der Waals surface area contributed by atoms with Gasteiger partial charge >= 0.3 is 0 Å². The van der Waals surface area contributed by atoms with Crippen molar-refractivity contribution in [3.05, 3.63) is 36.3 Å². The number of nitrogens with zero attached hydrogens (tertiary/aromatic N) is 4. The van der Waals surface area contributed by atoms with Crippen molar-refractivity contribution in [2.45, 2.75) is 38.6 Å². The lowest BCUT2D eigenvalue weighted by molar-refractivity contribution is -0.131. The Kier molecular flexibility index (Phi) is 4.19. The lowest BCUT2D eigenvalue weighted by atomic mass is 10.1. The number of carbonyl (C=O) groups excluding carboxylic acids is 1. The summed E-state index contributed by atoms with van der Waals surface area (Å²) in [5.41, 5.74) is 10.5. The molecule has 148 valence electrons. The van der Waals surface area contributed by atoms with E-state index in [1.54, 1.807) is 6.20 Å². The number of amides is 1. The molecular weight excluding hydrogens is 366 g/mol. The normalized spacial score (nSPS) is 16.9. The Balaban J connectivity index is 1.53. The van der Waals surface area contributed by atoms with Gasteiger partial charge in [-0.2, -0.15) is 5.10 Å². The first-order chi connectivity index (χ1) is 14.1. The van der Waals surface area contributed by atoms with Gasteiger partial charge in [0.25, 0.3) is 0 Å². The molecule has 0 spiro atoms. The van der Waals surface area contributed by atoms with Gasteiger partial charge in [-0.15, -0.1) is 0 Å². The standard InChI is InChI=1S/C21H23N7O/c1-2-18(29)28-9-3-4-13(28)11-17-25-19-14-6-5-12(15-7-8-23-27-15)10-16(14)24-21(22)20(19)26-17/h5-8,10,13H,2-4,9,11H2,1H3,(H2,22,24)(H,23,27)(H,25,26)/t13-/m1/s1. The lowest BCUT2D eigenvalue weighted by Gasteiger charge is -2.23. The first-order valence-electron chi connectivity index (χ1n) is 10.0. The van der Waals surface area contributed by atoms with E-state index in [0.29, 0.717) is 18.7 Å². The number of aromatic amines is 2. The zero-order valence-electron chi connectivity index (χ0n) is 16.3. The highest BCUT2D eigenvalue weighted by Gasteiger charge is 2.28. The molecule has 1 fully saturated rings. The highest BCUT2D eigenvalue weighted by atomic mass is 16.2. The summed E-state index contributed by atoms with van der Waals surface area (Å²) >= 11 is 0. The average Bonchev–Trinajstić information content (AvgIpc) is 3.48. The predicted molar refractivity (Wildman–Crippen MR) is 112 cm³/mol. The molecule has 4 N–H and O–H groups in total. The zero-order valence-corrected chi connectivity index (χ0v) is 16.3. The maximum Gasteiger partial charge on any atom is 0.222 e. The Labute approximate surface area is 167 Å². The van der Waals surface area contributed by atoms with Crippen molar-refractivity contribution in [2.75, 3.05) is 12.3 Å². The van der Waals surface area contributed by atoms with Crippen molar-refractivity contribution in [3.63, 3.8) is 0 Å². The molecule has 0 radical (unpaired) electrons. The van der Waals surface area contributed by atoms with E-state index < -0.39 is 0 Å². The van der Waals surface area contributed by atoms with Crippen LogP contribution in [-0.4, -0.2) is 48.5 Å². The molecule has 29 heavy (non-hydrogen) atoms. The number of nitrogens with two attached hydrogens (primary N) is 1. The molecule has 4 aromatic rings. The number of likely N-dealkylation sites (tertiary alicyclic amines) is 1. The number of aromatic nitrogens is 5. The summed E-state index contributed by atoms with van der Waals surface area (Å²) < 4.78 is 0. The van der Waals surface area contributed by atoms with E-state index in [1.165, 1.54) is 0 Å². The van der Waals surface area contributed by atoms with Gasteiger partial charge in [0.05, 0.1) is 11.2 Å². The number of hydrogen-bond acceptors (Lipinski definition) is 5. The van der Waals surface area contributed by atoms with Gasteiger partial charge < -0.3 is 15.6 Å². The molecule has 1 saturated heterocycles. The fourth-order valence-electron chi connectivity index (χ4n) is 4.30. The summed E-state index contributed by atoms with van der Waals surface area (Å²) in [5.74, 6) is 1.49. The van der Waals surface area contributed by atoms with Gasteiger partial charge in [0.15, 0.2) is 0 Å². The molecule has 0 aliphatic carbocycles. The second-order valence-electron chi connectivity index (χ2n) is 7.55. The number of benzene rings is 1. The van der Waals surface area contributed by atoms with Gasteiger partial charge in [-0.05, 0) is 31.0 Å². The molecular formula is C21H23N7O. The number of nitrogens with one attached hydrogen (secondary N) is 2. The molecule has 5 rings (SSSR count). The van der Waals surface area contributed by atoms with Crippen molar-refractivity contribution in [1.82, 2.24) is 30.0 Å². The van der Waals surface area contributed by atoms with Crippen LogP contribution in [0.2, 0.25) is 0 Å². The first kappa shape index (κ1) is 17.7. The number of imidazole rings is 1. The smallest absolute Gasteiger partial charge is 0.222 e. The van der Waals surface area contributed by atoms with E-state index >= 15 is 0 Å². The quantitative estimate of drug-likeness (QED) is 0.496. The minimum Gasteiger partial charge on any atom is -0.382 e. The molecule has 8 heteroatoms.